The largest absolute Gasteiger partial charge is 0.351 e. The molecule has 0 amide bonds. The Morgan fingerprint density at radius 1 is 1.06 bits per heavy atom. The highest BCUT2D eigenvalue weighted by atomic mass is 35.5. The quantitative estimate of drug-likeness (QED) is 0.894. The summed E-state index contributed by atoms with van der Waals surface area (Å²) in [7, 11) is 0. The number of nitrogens with one attached hydrogen (secondary N) is 1. The van der Waals surface area contributed by atoms with E-state index in [1.807, 2.05) is 0 Å². The van der Waals surface area contributed by atoms with Crippen LogP contribution in [0.3, 0.4) is 0 Å². The Labute approximate surface area is 106 Å². The molecule has 0 atom stereocenters. The number of hydrogen-bond acceptors (Lipinski definition) is 5. The van der Waals surface area contributed by atoms with Gasteiger partial charge in [0.1, 0.15) is 0 Å². The van der Waals surface area contributed by atoms with E-state index in [1.54, 1.807) is 0 Å². The minimum Gasteiger partial charge on any atom is -0.351 e. The van der Waals surface area contributed by atoms with Crippen molar-refractivity contribution >= 4 is 23.5 Å². The molecule has 1 saturated carbocycles. The van der Waals surface area contributed by atoms with E-state index in [-0.39, 0.29) is 5.28 Å². The predicted molar refractivity (Wildman–Crippen MR) is 67.5 cm³/mol. The summed E-state index contributed by atoms with van der Waals surface area (Å²) in [5.41, 5.74) is 0. The summed E-state index contributed by atoms with van der Waals surface area (Å²) in [5, 5.41) is 3.59. The summed E-state index contributed by atoms with van der Waals surface area (Å²) < 4.78 is 0. The van der Waals surface area contributed by atoms with E-state index in [1.165, 1.54) is 32.1 Å². The minimum atomic E-state index is 0.281. The van der Waals surface area contributed by atoms with Gasteiger partial charge in [-0.25, -0.2) is 0 Å². The summed E-state index contributed by atoms with van der Waals surface area (Å²) in [6.45, 7) is 2.03. The van der Waals surface area contributed by atoms with Crippen molar-refractivity contribution in [3.05, 3.63) is 5.28 Å². The van der Waals surface area contributed by atoms with Crippen molar-refractivity contribution in [3.8, 4) is 0 Å². The highest BCUT2D eigenvalue weighted by Gasteiger charge is 2.20. The van der Waals surface area contributed by atoms with Crippen molar-refractivity contribution in [1.82, 2.24) is 15.0 Å². The van der Waals surface area contributed by atoms with Crippen LogP contribution in [0, 0.1) is 0 Å². The molecule has 2 heterocycles. The zero-order valence-electron chi connectivity index (χ0n) is 9.69. The number of anilines is 2. The maximum absolute atomic E-state index is 5.94. The molecule has 5 nitrogen and oxygen atoms in total. The summed E-state index contributed by atoms with van der Waals surface area (Å²) in [6, 6.07) is 0.514. The van der Waals surface area contributed by atoms with Crippen LogP contribution in [0.4, 0.5) is 11.9 Å². The molecule has 6 heteroatoms. The van der Waals surface area contributed by atoms with E-state index < -0.39 is 0 Å². The molecule has 1 aromatic rings. The molecule has 0 bridgehead atoms. The molecule has 0 spiro atoms. The molecule has 1 N–H and O–H groups in total. The molecule has 3 rings (SSSR count). The van der Waals surface area contributed by atoms with Crippen LogP contribution in [-0.2, 0) is 0 Å². The van der Waals surface area contributed by atoms with Gasteiger partial charge in [0.15, 0.2) is 0 Å². The van der Waals surface area contributed by atoms with Crippen molar-refractivity contribution < 1.29 is 0 Å². The predicted octanol–water partition coefficient (Wildman–Crippen LogP) is 2.09. The topological polar surface area (TPSA) is 53.9 Å². The van der Waals surface area contributed by atoms with Crippen molar-refractivity contribution in [2.75, 3.05) is 23.3 Å². The molecule has 2 aliphatic rings. The van der Waals surface area contributed by atoms with Crippen molar-refractivity contribution in [1.29, 1.82) is 0 Å². The number of halogens is 1. The third-order valence-corrected chi connectivity index (χ3v) is 3.59. The third kappa shape index (κ3) is 2.44. The normalized spacial score (nSPS) is 20.4. The van der Waals surface area contributed by atoms with Gasteiger partial charge in [0.05, 0.1) is 0 Å². The lowest BCUT2D eigenvalue weighted by Gasteiger charge is -2.26. The van der Waals surface area contributed by atoms with E-state index >= 15 is 0 Å². The van der Waals surface area contributed by atoms with E-state index in [0.29, 0.717) is 17.9 Å². The Kier molecular flexibility index (Phi) is 3.01. The molecule has 0 radical (unpaired) electrons. The zero-order chi connectivity index (χ0) is 11.7. The van der Waals surface area contributed by atoms with E-state index in [9.17, 15) is 0 Å². The smallest absolute Gasteiger partial charge is 0.231 e. The SMILES string of the molecule is Clc1nc(NC2CCC2)nc(N2CCCC2)n1. The van der Waals surface area contributed by atoms with Crippen LogP contribution in [0.15, 0.2) is 0 Å². The second kappa shape index (κ2) is 4.64. The van der Waals surface area contributed by atoms with E-state index in [0.717, 1.165) is 13.1 Å². The minimum absolute atomic E-state index is 0.281. The van der Waals surface area contributed by atoms with Gasteiger partial charge in [0, 0.05) is 19.1 Å². The van der Waals surface area contributed by atoms with E-state index in [4.69, 9.17) is 11.6 Å². The summed E-state index contributed by atoms with van der Waals surface area (Å²) in [5.74, 6) is 1.33. The first kappa shape index (κ1) is 11.0. The lowest BCUT2D eigenvalue weighted by atomic mass is 9.93. The molecule has 0 aromatic carbocycles. The molecule has 17 heavy (non-hydrogen) atoms. The molecule has 1 saturated heterocycles. The maximum atomic E-state index is 5.94. The number of hydrogen-bond donors (Lipinski definition) is 1. The fourth-order valence-electron chi connectivity index (χ4n) is 2.20. The molecule has 1 aromatic heterocycles. The van der Waals surface area contributed by atoms with Gasteiger partial charge in [-0.3, -0.25) is 0 Å². The van der Waals surface area contributed by atoms with Crippen LogP contribution < -0.4 is 10.2 Å². The Morgan fingerprint density at radius 3 is 2.47 bits per heavy atom. The van der Waals surface area contributed by atoms with Crippen LogP contribution in [0.5, 0.6) is 0 Å². The van der Waals surface area contributed by atoms with Crippen LogP contribution >= 0.6 is 11.6 Å². The molecular weight excluding hydrogens is 238 g/mol. The second-order valence-corrected chi connectivity index (χ2v) is 5.03. The zero-order valence-corrected chi connectivity index (χ0v) is 10.4. The number of nitrogens with zero attached hydrogens (tertiary/aromatic N) is 4. The summed E-state index contributed by atoms with van der Waals surface area (Å²) >= 11 is 5.94. The van der Waals surface area contributed by atoms with E-state index in [2.05, 4.69) is 25.2 Å². The molecule has 2 fully saturated rings. The number of aromatic nitrogens is 3. The fourth-order valence-corrected chi connectivity index (χ4v) is 2.35. The van der Waals surface area contributed by atoms with Crippen molar-refractivity contribution in [2.45, 2.75) is 38.1 Å². The van der Waals surface area contributed by atoms with Gasteiger partial charge >= 0.3 is 0 Å². The van der Waals surface area contributed by atoms with Gasteiger partial charge in [0.25, 0.3) is 0 Å². The average molecular weight is 254 g/mol. The molecular formula is C11H16ClN5. The van der Waals surface area contributed by atoms with Crippen molar-refractivity contribution in [3.63, 3.8) is 0 Å². The molecule has 1 aliphatic heterocycles. The summed E-state index contributed by atoms with van der Waals surface area (Å²) in [6.07, 6.45) is 6.09. The average Bonchev–Trinajstić information content (AvgIpc) is 2.76. The van der Waals surface area contributed by atoms with Gasteiger partial charge in [0.2, 0.25) is 17.2 Å². The Bertz CT molecular complexity index is 401. The molecule has 92 valence electrons. The molecule has 1 aliphatic carbocycles. The van der Waals surface area contributed by atoms with Gasteiger partial charge in [-0.05, 0) is 43.7 Å². The lowest BCUT2D eigenvalue weighted by Crippen LogP contribution is -2.29. The van der Waals surface area contributed by atoms with Gasteiger partial charge in [-0.1, -0.05) is 0 Å². The van der Waals surface area contributed by atoms with Crippen LogP contribution in [0.25, 0.3) is 0 Å². The van der Waals surface area contributed by atoms with Crippen molar-refractivity contribution in [2.24, 2.45) is 0 Å². The fraction of sp³-hybridized carbons (Fsp3) is 0.727. The molecule has 0 unspecified atom stereocenters. The van der Waals surface area contributed by atoms with Crippen LogP contribution in [-0.4, -0.2) is 34.1 Å². The second-order valence-electron chi connectivity index (χ2n) is 4.69. The first-order valence-corrected chi connectivity index (χ1v) is 6.62. The number of rotatable bonds is 3. The van der Waals surface area contributed by atoms with Gasteiger partial charge in [-0.2, -0.15) is 15.0 Å². The first-order valence-electron chi connectivity index (χ1n) is 6.24. The monoisotopic (exact) mass is 253 g/mol. The highest BCUT2D eigenvalue weighted by molar-refractivity contribution is 6.28. The highest BCUT2D eigenvalue weighted by Crippen LogP contribution is 2.23. The van der Waals surface area contributed by atoms with Gasteiger partial charge in [-0.15, -0.1) is 0 Å². The van der Waals surface area contributed by atoms with Gasteiger partial charge < -0.3 is 10.2 Å². The lowest BCUT2D eigenvalue weighted by molar-refractivity contribution is 0.443. The Morgan fingerprint density at radius 2 is 1.82 bits per heavy atom. The Hall–Kier alpha value is -1.10. The standard InChI is InChI=1S/C11H16ClN5/c12-9-14-10(13-8-4-3-5-8)16-11(15-9)17-6-1-2-7-17/h8H,1-7H2,(H,13,14,15,16). The van der Waals surface area contributed by atoms with Crippen LogP contribution in [0.1, 0.15) is 32.1 Å². The first-order chi connectivity index (χ1) is 8.31. The Balaban J connectivity index is 1.78. The third-order valence-electron chi connectivity index (χ3n) is 3.42. The van der Waals surface area contributed by atoms with Crippen LogP contribution in [0.2, 0.25) is 5.28 Å². The maximum Gasteiger partial charge on any atom is 0.231 e. The summed E-state index contributed by atoms with van der Waals surface area (Å²) in [4.78, 5) is 14.9.